The zero-order valence-electron chi connectivity index (χ0n) is 19.9. The summed E-state index contributed by atoms with van der Waals surface area (Å²) in [4.78, 5) is 14.7. The molecule has 0 N–H and O–H groups in total. The number of benzene rings is 2. The fraction of sp³-hybridized carbons (Fsp3) is 0.370. The van der Waals surface area contributed by atoms with E-state index in [2.05, 4.69) is 53.1 Å². The second-order valence-corrected chi connectivity index (χ2v) is 9.29. The van der Waals surface area contributed by atoms with Crippen LogP contribution in [0, 0.1) is 6.92 Å². The number of nitrogens with zero attached hydrogens (tertiary/aromatic N) is 6. The summed E-state index contributed by atoms with van der Waals surface area (Å²) >= 11 is 0. The topological polar surface area (TPSA) is 58.8 Å². The molecule has 7 nitrogen and oxygen atoms in total. The number of rotatable bonds is 5. The van der Waals surface area contributed by atoms with Crippen molar-refractivity contribution in [2.24, 2.45) is 0 Å². The Morgan fingerprint density at radius 1 is 0.853 bits per heavy atom. The van der Waals surface area contributed by atoms with Gasteiger partial charge in [-0.25, -0.2) is 4.98 Å². The highest BCUT2D eigenvalue weighted by Gasteiger charge is 2.28. The predicted molar refractivity (Wildman–Crippen MR) is 134 cm³/mol. The Hall–Kier alpha value is -3.61. The molecule has 1 aliphatic heterocycles. The van der Waals surface area contributed by atoms with Crippen LogP contribution in [0.5, 0.6) is 5.75 Å². The van der Waals surface area contributed by atoms with E-state index in [0.29, 0.717) is 0 Å². The molecular weight excluding hydrogens is 424 g/mol. The average Bonchev–Trinajstić information content (AvgIpc) is 3.50. The zero-order valence-corrected chi connectivity index (χ0v) is 19.9. The average molecular weight is 455 g/mol. The summed E-state index contributed by atoms with van der Waals surface area (Å²) in [5.41, 5.74) is 6.29. The van der Waals surface area contributed by atoms with E-state index in [-0.39, 0.29) is 0 Å². The Morgan fingerprint density at radius 2 is 1.59 bits per heavy atom. The summed E-state index contributed by atoms with van der Waals surface area (Å²) in [5, 5.41) is 4.95. The van der Waals surface area contributed by atoms with Crippen LogP contribution in [0.1, 0.15) is 34.6 Å². The van der Waals surface area contributed by atoms with Crippen molar-refractivity contribution in [3.8, 4) is 5.75 Å². The molecule has 0 unspecified atom stereocenters. The first-order valence-electron chi connectivity index (χ1n) is 12.1. The number of anilines is 2. The van der Waals surface area contributed by atoms with Crippen LogP contribution < -0.4 is 14.5 Å². The third-order valence-electron chi connectivity index (χ3n) is 7.03. The maximum atomic E-state index is 5.31. The largest absolute Gasteiger partial charge is 0.497 e. The Morgan fingerprint density at radius 3 is 2.32 bits per heavy atom. The van der Waals surface area contributed by atoms with Crippen molar-refractivity contribution in [3.63, 3.8) is 0 Å². The second-order valence-electron chi connectivity index (χ2n) is 9.29. The molecule has 174 valence electrons. The number of fused-ring (bicyclic) bond motifs is 2. The molecule has 0 amide bonds. The van der Waals surface area contributed by atoms with Gasteiger partial charge in [-0.05, 0) is 56.0 Å². The van der Waals surface area contributed by atoms with Crippen molar-refractivity contribution >= 4 is 17.3 Å². The molecule has 1 fully saturated rings. The molecule has 0 bridgehead atoms. The summed E-state index contributed by atoms with van der Waals surface area (Å²) < 4.78 is 7.32. The molecular formula is C27H30N6O. The minimum atomic E-state index is 0.721. The maximum absolute atomic E-state index is 5.31. The van der Waals surface area contributed by atoms with Gasteiger partial charge in [-0.3, -0.25) is 0 Å². The third kappa shape index (κ3) is 3.85. The van der Waals surface area contributed by atoms with Gasteiger partial charge >= 0.3 is 0 Å². The minimum absolute atomic E-state index is 0.721. The van der Waals surface area contributed by atoms with Gasteiger partial charge in [0.05, 0.1) is 12.8 Å². The number of methoxy groups -OCH3 is 1. The van der Waals surface area contributed by atoms with Gasteiger partial charge in [-0.1, -0.05) is 29.8 Å². The number of aryl methyl sites for hydroxylation is 2. The molecule has 2 aromatic heterocycles. The molecule has 3 heterocycles. The van der Waals surface area contributed by atoms with Gasteiger partial charge < -0.3 is 14.5 Å². The third-order valence-corrected chi connectivity index (χ3v) is 7.03. The SMILES string of the molecule is COc1ccc(N2CCN(c3c4c(nc5nc(Cc6ccc(C)cc6)nn35)CCC4)CC2)cc1. The number of aromatic nitrogens is 4. The molecule has 0 radical (unpaired) electrons. The second kappa shape index (κ2) is 8.63. The zero-order chi connectivity index (χ0) is 23.1. The molecule has 7 heteroatoms. The summed E-state index contributed by atoms with van der Waals surface area (Å²) in [5.74, 6) is 3.66. The molecule has 4 aromatic rings. The van der Waals surface area contributed by atoms with Crippen molar-refractivity contribution < 1.29 is 4.74 Å². The summed E-state index contributed by atoms with van der Waals surface area (Å²) in [7, 11) is 1.71. The van der Waals surface area contributed by atoms with Gasteiger partial charge in [0.25, 0.3) is 5.78 Å². The summed E-state index contributed by atoms with van der Waals surface area (Å²) in [6.45, 7) is 5.94. The van der Waals surface area contributed by atoms with Crippen LogP contribution >= 0.6 is 0 Å². The lowest BCUT2D eigenvalue weighted by molar-refractivity contribution is 0.415. The van der Waals surface area contributed by atoms with E-state index >= 15 is 0 Å². The molecule has 2 aliphatic rings. The van der Waals surface area contributed by atoms with Gasteiger partial charge in [-0.15, -0.1) is 5.10 Å². The monoisotopic (exact) mass is 454 g/mol. The van der Waals surface area contributed by atoms with E-state index in [1.807, 2.05) is 16.6 Å². The number of hydrogen-bond donors (Lipinski definition) is 0. The quantitative estimate of drug-likeness (QED) is 0.457. The lowest BCUT2D eigenvalue weighted by Crippen LogP contribution is -2.47. The molecule has 2 aromatic carbocycles. The Labute approximate surface area is 200 Å². The van der Waals surface area contributed by atoms with Crippen molar-refractivity contribution in [1.82, 2.24) is 19.6 Å². The highest BCUT2D eigenvalue weighted by atomic mass is 16.5. The Balaban J connectivity index is 1.28. The molecule has 34 heavy (non-hydrogen) atoms. The Bertz CT molecular complexity index is 1300. The van der Waals surface area contributed by atoms with Gasteiger partial charge in [0.1, 0.15) is 11.6 Å². The minimum Gasteiger partial charge on any atom is -0.497 e. The van der Waals surface area contributed by atoms with Crippen LogP contribution in [0.25, 0.3) is 5.78 Å². The van der Waals surface area contributed by atoms with E-state index in [4.69, 9.17) is 19.8 Å². The summed E-state index contributed by atoms with van der Waals surface area (Å²) in [6.07, 6.45) is 3.98. The highest BCUT2D eigenvalue weighted by molar-refractivity contribution is 5.58. The Kier molecular flexibility index (Phi) is 5.32. The fourth-order valence-electron chi connectivity index (χ4n) is 5.16. The number of piperazine rings is 1. The molecule has 0 atom stereocenters. The smallest absolute Gasteiger partial charge is 0.254 e. The summed E-state index contributed by atoms with van der Waals surface area (Å²) in [6, 6.07) is 17.0. The van der Waals surface area contributed by atoms with E-state index in [9.17, 15) is 0 Å². The van der Waals surface area contributed by atoms with Crippen LogP contribution in [0.4, 0.5) is 11.5 Å². The van der Waals surface area contributed by atoms with Gasteiger partial charge in [0.15, 0.2) is 5.82 Å². The van der Waals surface area contributed by atoms with Crippen molar-refractivity contribution in [2.75, 3.05) is 43.1 Å². The molecule has 1 aliphatic carbocycles. The van der Waals surface area contributed by atoms with Crippen LogP contribution in [0.2, 0.25) is 0 Å². The van der Waals surface area contributed by atoms with Gasteiger partial charge in [0.2, 0.25) is 0 Å². The van der Waals surface area contributed by atoms with E-state index in [0.717, 1.165) is 69.2 Å². The van der Waals surface area contributed by atoms with Crippen LogP contribution in [0.3, 0.4) is 0 Å². The number of hydrogen-bond acceptors (Lipinski definition) is 6. The maximum Gasteiger partial charge on any atom is 0.254 e. The molecule has 0 spiro atoms. The van der Waals surface area contributed by atoms with Crippen molar-refractivity contribution in [1.29, 1.82) is 0 Å². The first-order valence-corrected chi connectivity index (χ1v) is 12.1. The lowest BCUT2D eigenvalue weighted by atomic mass is 10.1. The fourth-order valence-corrected chi connectivity index (χ4v) is 5.16. The van der Waals surface area contributed by atoms with Gasteiger partial charge in [-0.2, -0.15) is 9.50 Å². The first kappa shape index (κ1) is 21.0. The predicted octanol–water partition coefficient (Wildman–Crippen LogP) is 3.85. The number of ether oxygens (including phenoxy) is 1. The normalized spacial score (nSPS) is 15.7. The highest BCUT2D eigenvalue weighted by Crippen LogP contribution is 2.32. The van der Waals surface area contributed by atoms with Gasteiger partial charge in [0, 0.05) is 43.9 Å². The van der Waals surface area contributed by atoms with Crippen molar-refractivity contribution in [3.05, 3.63) is 76.7 Å². The standard InChI is InChI=1S/C27H30N6O/c1-19-6-8-20(9-7-19)18-25-29-27-28-24-5-3-4-23(24)26(33(27)30-25)32-16-14-31(15-17-32)21-10-12-22(34-2)13-11-21/h6-13H,3-5,14-18H2,1-2H3. The van der Waals surface area contributed by atoms with Crippen LogP contribution in [0.15, 0.2) is 48.5 Å². The van der Waals surface area contributed by atoms with Crippen LogP contribution in [-0.2, 0) is 19.3 Å². The molecule has 6 rings (SSSR count). The molecule has 1 saturated heterocycles. The van der Waals surface area contributed by atoms with E-state index in [1.54, 1.807) is 7.11 Å². The lowest BCUT2D eigenvalue weighted by Gasteiger charge is -2.38. The van der Waals surface area contributed by atoms with E-state index in [1.165, 1.54) is 33.9 Å². The van der Waals surface area contributed by atoms with Crippen molar-refractivity contribution in [2.45, 2.75) is 32.6 Å². The first-order chi connectivity index (χ1) is 16.7. The van der Waals surface area contributed by atoms with E-state index < -0.39 is 0 Å². The molecule has 0 saturated carbocycles. The van der Waals surface area contributed by atoms with Crippen LogP contribution in [-0.4, -0.2) is 52.9 Å².